The molecule has 2 rings (SSSR count). The summed E-state index contributed by atoms with van der Waals surface area (Å²) in [5, 5.41) is 5.56. The van der Waals surface area contributed by atoms with Gasteiger partial charge in [-0.25, -0.2) is 4.79 Å². The van der Waals surface area contributed by atoms with Crippen molar-refractivity contribution in [2.24, 2.45) is 0 Å². The van der Waals surface area contributed by atoms with Gasteiger partial charge >= 0.3 is 6.03 Å². The Morgan fingerprint density at radius 1 is 1.07 bits per heavy atom. The van der Waals surface area contributed by atoms with Crippen molar-refractivity contribution >= 4 is 11.9 Å². The van der Waals surface area contributed by atoms with E-state index >= 15 is 0 Å². The number of hydrogen-bond donors (Lipinski definition) is 2. The van der Waals surface area contributed by atoms with Gasteiger partial charge in [0.15, 0.2) is 0 Å². The second kappa shape index (κ2) is 10.9. The first-order valence-electron chi connectivity index (χ1n) is 9.60. The van der Waals surface area contributed by atoms with Crippen LogP contribution in [-0.4, -0.2) is 36.5 Å². The molecule has 0 saturated heterocycles. The molecule has 0 unspecified atom stereocenters. The van der Waals surface area contributed by atoms with Crippen LogP contribution in [0.1, 0.15) is 35.3 Å². The Labute approximate surface area is 172 Å². The molecule has 2 aromatic rings. The van der Waals surface area contributed by atoms with Crippen LogP contribution in [0.25, 0.3) is 0 Å². The van der Waals surface area contributed by atoms with E-state index in [2.05, 4.69) is 17.2 Å². The van der Waals surface area contributed by atoms with E-state index < -0.39 is 0 Å². The summed E-state index contributed by atoms with van der Waals surface area (Å²) in [4.78, 5) is 26.0. The summed E-state index contributed by atoms with van der Waals surface area (Å²) in [5.74, 6) is 0.711. The molecule has 6 heteroatoms. The Hall–Kier alpha value is -3.28. The van der Waals surface area contributed by atoms with Gasteiger partial charge in [-0.1, -0.05) is 36.9 Å². The Balaban J connectivity index is 1.88. The first-order valence-corrected chi connectivity index (χ1v) is 9.60. The molecule has 0 aliphatic rings. The van der Waals surface area contributed by atoms with Crippen LogP contribution in [0.3, 0.4) is 0 Å². The Bertz CT molecular complexity index is 814. The SMILES string of the molecule is C=CCOc1ccc(CN(C)C(=O)c2ccc(CNC(=O)NC(C)C)cc2)cc1. The number of rotatable bonds is 9. The lowest BCUT2D eigenvalue weighted by molar-refractivity contribution is 0.0785. The van der Waals surface area contributed by atoms with Crippen LogP contribution < -0.4 is 15.4 Å². The van der Waals surface area contributed by atoms with Crippen LogP contribution in [0.5, 0.6) is 5.75 Å². The predicted octanol–water partition coefficient (Wildman–Crippen LogP) is 3.73. The van der Waals surface area contributed by atoms with E-state index in [1.54, 1.807) is 30.2 Å². The number of nitrogens with one attached hydrogen (secondary N) is 2. The third-order valence-electron chi connectivity index (χ3n) is 4.13. The topological polar surface area (TPSA) is 70.7 Å². The number of nitrogens with zero attached hydrogens (tertiary/aromatic N) is 1. The molecule has 0 atom stereocenters. The van der Waals surface area contributed by atoms with Crippen molar-refractivity contribution < 1.29 is 14.3 Å². The molecule has 0 aliphatic heterocycles. The highest BCUT2D eigenvalue weighted by atomic mass is 16.5. The minimum atomic E-state index is -0.208. The molecule has 0 fully saturated rings. The monoisotopic (exact) mass is 395 g/mol. The smallest absolute Gasteiger partial charge is 0.315 e. The van der Waals surface area contributed by atoms with Crippen LogP contribution in [0.2, 0.25) is 0 Å². The number of urea groups is 1. The fraction of sp³-hybridized carbons (Fsp3) is 0.304. The molecule has 0 aliphatic carbocycles. The fourth-order valence-corrected chi connectivity index (χ4v) is 2.67. The number of carbonyl (C=O) groups is 2. The van der Waals surface area contributed by atoms with Crippen LogP contribution in [-0.2, 0) is 13.1 Å². The molecular formula is C23H29N3O3. The highest BCUT2D eigenvalue weighted by Crippen LogP contribution is 2.15. The molecule has 0 saturated carbocycles. The number of ether oxygens (including phenoxy) is 1. The van der Waals surface area contributed by atoms with Gasteiger partial charge in [0, 0.05) is 31.7 Å². The third kappa shape index (κ3) is 7.33. The molecule has 0 bridgehead atoms. The molecule has 0 aromatic heterocycles. The molecule has 0 heterocycles. The van der Waals surface area contributed by atoms with E-state index in [1.807, 2.05) is 50.2 Å². The minimum Gasteiger partial charge on any atom is -0.490 e. The number of hydrogen-bond acceptors (Lipinski definition) is 3. The van der Waals surface area contributed by atoms with E-state index in [0.29, 0.717) is 25.3 Å². The third-order valence-corrected chi connectivity index (χ3v) is 4.13. The Morgan fingerprint density at radius 3 is 2.28 bits per heavy atom. The van der Waals surface area contributed by atoms with Crippen LogP contribution in [0, 0.1) is 0 Å². The lowest BCUT2D eigenvalue weighted by Gasteiger charge is -2.18. The summed E-state index contributed by atoms with van der Waals surface area (Å²) in [7, 11) is 1.77. The lowest BCUT2D eigenvalue weighted by Crippen LogP contribution is -2.39. The quantitative estimate of drug-likeness (QED) is 0.636. The van der Waals surface area contributed by atoms with Gasteiger partial charge in [-0.2, -0.15) is 0 Å². The molecule has 0 radical (unpaired) electrons. The maximum Gasteiger partial charge on any atom is 0.315 e. The van der Waals surface area contributed by atoms with E-state index in [4.69, 9.17) is 4.74 Å². The molecule has 3 amide bonds. The maximum absolute atomic E-state index is 12.7. The Kier molecular flexibility index (Phi) is 8.27. The average Bonchev–Trinajstić information content (AvgIpc) is 2.71. The van der Waals surface area contributed by atoms with Gasteiger partial charge in [0.05, 0.1) is 0 Å². The normalized spacial score (nSPS) is 10.3. The first-order chi connectivity index (χ1) is 13.9. The summed E-state index contributed by atoms with van der Waals surface area (Å²) in [6.07, 6.45) is 1.70. The van der Waals surface area contributed by atoms with E-state index in [9.17, 15) is 9.59 Å². The summed E-state index contributed by atoms with van der Waals surface area (Å²) in [6, 6.07) is 14.8. The largest absolute Gasteiger partial charge is 0.490 e. The molecule has 29 heavy (non-hydrogen) atoms. The summed E-state index contributed by atoms with van der Waals surface area (Å²) >= 11 is 0. The first kappa shape index (κ1) is 22.0. The van der Waals surface area contributed by atoms with Crippen LogP contribution >= 0.6 is 0 Å². The number of amides is 3. The van der Waals surface area contributed by atoms with Gasteiger partial charge in [0.2, 0.25) is 0 Å². The molecular weight excluding hydrogens is 366 g/mol. The second-order valence-electron chi connectivity index (χ2n) is 7.08. The number of carbonyl (C=O) groups excluding carboxylic acids is 2. The molecule has 2 aromatic carbocycles. The van der Waals surface area contributed by atoms with Crippen molar-refractivity contribution in [2.45, 2.75) is 33.0 Å². The zero-order valence-electron chi connectivity index (χ0n) is 17.3. The van der Waals surface area contributed by atoms with Gasteiger partial charge in [0.25, 0.3) is 5.91 Å². The minimum absolute atomic E-state index is 0.0611. The zero-order valence-corrected chi connectivity index (χ0v) is 17.3. The Morgan fingerprint density at radius 2 is 1.69 bits per heavy atom. The lowest BCUT2D eigenvalue weighted by atomic mass is 10.1. The van der Waals surface area contributed by atoms with Crippen molar-refractivity contribution in [1.29, 1.82) is 0 Å². The van der Waals surface area contributed by atoms with Crippen molar-refractivity contribution in [1.82, 2.24) is 15.5 Å². The fourth-order valence-electron chi connectivity index (χ4n) is 2.67. The summed E-state index contributed by atoms with van der Waals surface area (Å²) in [5.41, 5.74) is 2.55. The highest BCUT2D eigenvalue weighted by Gasteiger charge is 2.12. The summed E-state index contributed by atoms with van der Waals surface area (Å²) < 4.78 is 5.47. The van der Waals surface area contributed by atoms with Crippen LogP contribution in [0.4, 0.5) is 4.79 Å². The van der Waals surface area contributed by atoms with E-state index in [1.165, 1.54) is 0 Å². The average molecular weight is 396 g/mol. The van der Waals surface area contributed by atoms with Gasteiger partial charge in [0.1, 0.15) is 12.4 Å². The second-order valence-corrected chi connectivity index (χ2v) is 7.08. The van der Waals surface area contributed by atoms with Gasteiger partial charge < -0.3 is 20.3 Å². The van der Waals surface area contributed by atoms with Gasteiger partial charge in [-0.15, -0.1) is 0 Å². The van der Waals surface area contributed by atoms with Crippen molar-refractivity contribution in [3.05, 3.63) is 77.9 Å². The predicted molar refractivity (Wildman–Crippen MR) is 115 cm³/mol. The summed E-state index contributed by atoms with van der Waals surface area (Å²) in [6.45, 7) is 8.80. The van der Waals surface area contributed by atoms with Crippen molar-refractivity contribution in [3.8, 4) is 5.75 Å². The zero-order chi connectivity index (χ0) is 21.2. The van der Waals surface area contributed by atoms with E-state index in [-0.39, 0.29) is 18.0 Å². The van der Waals surface area contributed by atoms with Crippen molar-refractivity contribution in [3.63, 3.8) is 0 Å². The maximum atomic E-state index is 12.7. The van der Waals surface area contributed by atoms with Gasteiger partial charge in [-0.3, -0.25) is 4.79 Å². The number of benzene rings is 2. The standard InChI is InChI=1S/C23H29N3O3/c1-5-14-29-21-12-8-19(9-13-21)16-26(4)22(27)20-10-6-18(7-11-20)15-24-23(28)25-17(2)3/h5-13,17H,1,14-16H2,2-4H3,(H2,24,25,28). The molecule has 2 N–H and O–H groups in total. The van der Waals surface area contributed by atoms with E-state index in [0.717, 1.165) is 16.9 Å². The highest BCUT2D eigenvalue weighted by molar-refractivity contribution is 5.94. The molecule has 0 spiro atoms. The molecule has 154 valence electrons. The molecule has 6 nitrogen and oxygen atoms in total. The van der Waals surface area contributed by atoms with Crippen LogP contribution in [0.15, 0.2) is 61.2 Å². The van der Waals surface area contributed by atoms with Gasteiger partial charge in [-0.05, 0) is 49.2 Å². The van der Waals surface area contributed by atoms with Crippen molar-refractivity contribution in [2.75, 3.05) is 13.7 Å².